The zero-order valence-electron chi connectivity index (χ0n) is 10.4. The van der Waals surface area contributed by atoms with Gasteiger partial charge in [0.25, 0.3) is 0 Å². The van der Waals surface area contributed by atoms with Gasteiger partial charge in [-0.15, -0.1) is 0 Å². The number of rotatable bonds is 6. The predicted octanol–water partition coefficient (Wildman–Crippen LogP) is 0.838. The molecule has 0 aromatic heterocycles. The molecule has 0 spiro atoms. The molecule has 1 unspecified atom stereocenters. The molecule has 18 heavy (non-hydrogen) atoms. The summed E-state index contributed by atoms with van der Waals surface area (Å²) in [7, 11) is 0. The molecular weight excluding hydrogens is 236 g/mol. The molecule has 0 aliphatic carbocycles. The quantitative estimate of drug-likeness (QED) is 0.688. The van der Waals surface area contributed by atoms with Crippen LogP contribution in [0.15, 0.2) is 12.7 Å². The number of amides is 1. The first-order chi connectivity index (χ1) is 8.65. The normalized spacial score (nSPS) is 17.8. The van der Waals surface area contributed by atoms with E-state index in [0.717, 1.165) is 32.4 Å². The molecule has 0 saturated carbocycles. The molecule has 1 heterocycles. The zero-order chi connectivity index (χ0) is 13.4. The van der Waals surface area contributed by atoms with Gasteiger partial charge in [-0.2, -0.15) is 0 Å². The third kappa shape index (κ3) is 4.75. The third-order valence-corrected chi connectivity index (χ3v) is 2.89. The molecule has 0 aromatic carbocycles. The van der Waals surface area contributed by atoms with E-state index in [2.05, 4.69) is 11.9 Å². The molecule has 0 aromatic rings. The number of carbonyl (C=O) groups is 2. The lowest BCUT2D eigenvalue weighted by molar-refractivity contribution is -0.143. The topological polar surface area (TPSA) is 78.9 Å². The van der Waals surface area contributed by atoms with Gasteiger partial charge in [0.1, 0.15) is 12.6 Å². The Morgan fingerprint density at radius 2 is 2.06 bits per heavy atom. The molecule has 1 saturated heterocycles. The van der Waals surface area contributed by atoms with Gasteiger partial charge in [-0.05, 0) is 25.9 Å². The minimum atomic E-state index is -0.916. The molecule has 1 aliphatic heterocycles. The Bertz CT molecular complexity index is 300. The van der Waals surface area contributed by atoms with Crippen molar-refractivity contribution in [1.82, 2.24) is 10.2 Å². The fourth-order valence-corrected chi connectivity index (χ4v) is 1.97. The summed E-state index contributed by atoms with van der Waals surface area (Å²) in [6, 6.07) is -0.679. The Morgan fingerprint density at radius 3 is 2.61 bits per heavy atom. The second-order valence-electron chi connectivity index (χ2n) is 4.22. The van der Waals surface area contributed by atoms with E-state index in [-0.39, 0.29) is 13.2 Å². The van der Waals surface area contributed by atoms with E-state index in [9.17, 15) is 9.59 Å². The predicted molar refractivity (Wildman–Crippen MR) is 66.4 cm³/mol. The summed E-state index contributed by atoms with van der Waals surface area (Å²) >= 11 is 0. The molecule has 1 fully saturated rings. The standard InChI is InChI=1S/C12H20N2O4/c1-2-8-18-12(17)13-9-10(11(15)16)14-6-4-3-5-7-14/h2,10H,1,3-9H2,(H,13,17)(H,15,16). The van der Waals surface area contributed by atoms with Crippen LogP contribution in [0.1, 0.15) is 19.3 Å². The monoisotopic (exact) mass is 256 g/mol. The highest BCUT2D eigenvalue weighted by atomic mass is 16.5. The number of hydrogen-bond donors (Lipinski definition) is 2. The van der Waals surface area contributed by atoms with Gasteiger partial charge >= 0.3 is 12.1 Å². The van der Waals surface area contributed by atoms with Gasteiger partial charge in [-0.25, -0.2) is 4.79 Å². The van der Waals surface area contributed by atoms with Crippen LogP contribution in [0.5, 0.6) is 0 Å². The van der Waals surface area contributed by atoms with E-state index in [1.807, 2.05) is 4.90 Å². The summed E-state index contributed by atoms with van der Waals surface area (Å²) < 4.78 is 4.73. The molecule has 1 rings (SSSR count). The maximum absolute atomic E-state index is 11.2. The molecule has 102 valence electrons. The molecule has 1 aliphatic rings. The fraction of sp³-hybridized carbons (Fsp3) is 0.667. The van der Waals surface area contributed by atoms with Crippen LogP contribution < -0.4 is 5.32 Å². The van der Waals surface area contributed by atoms with Crippen LogP contribution in [0.3, 0.4) is 0 Å². The summed E-state index contributed by atoms with van der Waals surface area (Å²) in [4.78, 5) is 24.3. The lowest BCUT2D eigenvalue weighted by Gasteiger charge is -2.31. The van der Waals surface area contributed by atoms with E-state index in [4.69, 9.17) is 9.84 Å². The van der Waals surface area contributed by atoms with Crippen LogP contribution in [0, 0.1) is 0 Å². The summed E-state index contributed by atoms with van der Waals surface area (Å²) in [5, 5.41) is 11.6. The van der Waals surface area contributed by atoms with Crippen LogP contribution in [-0.4, -0.2) is 54.4 Å². The van der Waals surface area contributed by atoms with Crippen molar-refractivity contribution in [2.24, 2.45) is 0 Å². The lowest BCUT2D eigenvalue weighted by atomic mass is 10.1. The molecule has 0 bridgehead atoms. The highest BCUT2D eigenvalue weighted by molar-refractivity contribution is 5.75. The number of nitrogens with one attached hydrogen (secondary N) is 1. The maximum Gasteiger partial charge on any atom is 0.407 e. The number of ether oxygens (including phenoxy) is 1. The summed E-state index contributed by atoms with van der Waals surface area (Å²) in [5.41, 5.74) is 0. The fourth-order valence-electron chi connectivity index (χ4n) is 1.97. The Kier molecular flexibility index (Phi) is 6.21. The van der Waals surface area contributed by atoms with Crippen LogP contribution in [0.4, 0.5) is 4.79 Å². The zero-order valence-corrected chi connectivity index (χ0v) is 10.4. The molecule has 6 heteroatoms. The van der Waals surface area contributed by atoms with Crippen molar-refractivity contribution < 1.29 is 19.4 Å². The summed E-state index contributed by atoms with van der Waals surface area (Å²) in [6.07, 6.45) is 3.99. The number of carbonyl (C=O) groups excluding carboxylic acids is 1. The Labute approximate surface area is 107 Å². The van der Waals surface area contributed by atoms with Crippen LogP contribution in [0.25, 0.3) is 0 Å². The number of hydrogen-bond acceptors (Lipinski definition) is 4. The largest absolute Gasteiger partial charge is 0.480 e. The smallest absolute Gasteiger partial charge is 0.407 e. The first kappa shape index (κ1) is 14.5. The van der Waals surface area contributed by atoms with E-state index >= 15 is 0 Å². The van der Waals surface area contributed by atoms with Crippen molar-refractivity contribution in [3.8, 4) is 0 Å². The van der Waals surface area contributed by atoms with Gasteiger partial charge in [0.05, 0.1) is 0 Å². The van der Waals surface area contributed by atoms with Crippen LogP contribution >= 0.6 is 0 Å². The average Bonchev–Trinajstić information content (AvgIpc) is 2.37. The van der Waals surface area contributed by atoms with Crippen LogP contribution in [-0.2, 0) is 9.53 Å². The van der Waals surface area contributed by atoms with E-state index in [0.29, 0.717) is 0 Å². The van der Waals surface area contributed by atoms with Gasteiger partial charge in [0.15, 0.2) is 0 Å². The summed E-state index contributed by atoms with van der Waals surface area (Å²) in [6.45, 7) is 5.13. The Balaban J connectivity index is 2.40. The molecule has 1 atom stereocenters. The molecule has 0 radical (unpaired) electrons. The Hall–Kier alpha value is -1.56. The minimum Gasteiger partial charge on any atom is -0.480 e. The van der Waals surface area contributed by atoms with E-state index in [1.54, 1.807) is 0 Å². The number of nitrogens with zero attached hydrogens (tertiary/aromatic N) is 1. The van der Waals surface area contributed by atoms with Crippen molar-refractivity contribution in [3.05, 3.63) is 12.7 Å². The number of alkyl carbamates (subject to hydrolysis) is 1. The van der Waals surface area contributed by atoms with Crippen molar-refractivity contribution in [2.75, 3.05) is 26.2 Å². The maximum atomic E-state index is 11.2. The van der Waals surface area contributed by atoms with Gasteiger partial charge in [0, 0.05) is 6.54 Å². The third-order valence-electron chi connectivity index (χ3n) is 2.89. The van der Waals surface area contributed by atoms with Crippen molar-refractivity contribution >= 4 is 12.1 Å². The molecule has 1 amide bonds. The SMILES string of the molecule is C=CCOC(=O)NCC(C(=O)O)N1CCCCC1. The molecule has 2 N–H and O–H groups in total. The van der Waals surface area contributed by atoms with E-state index in [1.165, 1.54) is 6.08 Å². The average molecular weight is 256 g/mol. The number of piperidine rings is 1. The van der Waals surface area contributed by atoms with E-state index < -0.39 is 18.1 Å². The lowest BCUT2D eigenvalue weighted by Crippen LogP contribution is -2.50. The first-order valence-electron chi connectivity index (χ1n) is 6.13. The summed E-state index contributed by atoms with van der Waals surface area (Å²) in [5.74, 6) is -0.916. The second kappa shape index (κ2) is 7.71. The minimum absolute atomic E-state index is 0.0608. The number of carboxylic acids is 1. The highest BCUT2D eigenvalue weighted by Gasteiger charge is 2.27. The second-order valence-corrected chi connectivity index (χ2v) is 4.22. The van der Waals surface area contributed by atoms with Crippen molar-refractivity contribution in [3.63, 3.8) is 0 Å². The molecular formula is C12H20N2O4. The Morgan fingerprint density at radius 1 is 1.39 bits per heavy atom. The highest BCUT2D eigenvalue weighted by Crippen LogP contribution is 2.12. The first-order valence-corrected chi connectivity index (χ1v) is 6.13. The van der Waals surface area contributed by atoms with Gasteiger partial charge < -0.3 is 15.2 Å². The van der Waals surface area contributed by atoms with Gasteiger partial charge in [-0.1, -0.05) is 19.1 Å². The van der Waals surface area contributed by atoms with Crippen molar-refractivity contribution in [1.29, 1.82) is 0 Å². The van der Waals surface area contributed by atoms with Crippen LogP contribution in [0.2, 0.25) is 0 Å². The van der Waals surface area contributed by atoms with Gasteiger partial charge in [0.2, 0.25) is 0 Å². The number of likely N-dealkylation sites (tertiary alicyclic amines) is 1. The number of aliphatic carboxylic acids is 1. The van der Waals surface area contributed by atoms with Gasteiger partial charge in [-0.3, -0.25) is 9.69 Å². The van der Waals surface area contributed by atoms with Crippen molar-refractivity contribution in [2.45, 2.75) is 25.3 Å². The number of carboxylic acid groups (broad SMARTS) is 1. The molecule has 6 nitrogen and oxygen atoms in total.